The van der Waals surface area contributed by atoms with E-state index in [-0.39, 0.29) is 0 Å². The molecule has 0 aliphatic carbocycles. The lowest BCUT2D eigenvalue weighted by molar-refractivity contribution is 0.112. The van der Waals surface area contributed by atoms with Crippen molar-refractivity contribution in [3.63, 3.8) is 0 Å². The Hall–Kier alpha value is -2.49. The van der Waals surface area contributed by atoms with Gasteiger partial charge >= 0.3 is 0 Å². The number of hydrogen-bond acceptors (Lipinski definition) is 4. The molecular weight excluding hydrogens is 256 g/mol. The van der Waals surface area contributed by atoms with Gasteiger partial charge in [0.2, 0.25) is 5.75 Å². The molecule has 2 aromatic carbocycles. The van der Waals surface area contributed by atoms with Gasteiger partial charge in [0.15, 0.2) is 17.8 Å². The van der Waals surface area contributed by atoms with Crippen LogP contribution in [0.2, 0.25) is 0 Å². The number of benzene rings is 2. The van der Waals surface area contributed by atoms with Crippen molar-refractivity contribution in [3.05, 3.63) is 42.0 Å². The Kier molecular flexibility index (Phi) is 4.25. The molecule has 0 N–H and O–H groups in total. The molecule has 0 amide bonds. The number of carbonyl (C=O) groups is 1. The van der Waals surface area contributed by atoms with E-state index in [0.29, 0.717) is 22.8 Å². The van der Waals surface area contributed by atoms with Gasteiger partial charge in [0.25, 0.3) is 0 Å². The molecule has 0 atom stereocenters. The fourth-order valence-corrected chi connectivity index (χ4v) is 2.15. The summed E-state index contributed by atoms with van der Waals surface area (Å²) in [7, 11) is 4.56. The van der Waals surface area contributed by atoms with Crippen molar-refractivity contribution >= 4 is 6.29 Å². The van der Waals surface area contributed by atoms with E-state index in [0.717, 1.165) is 17.4 Å². The predicted octanol–water partition coefficient (Wildman–Crippen LogP) is 3.19. The third-order valence-corrected chi connectivity index (χ3v) is 3.07. The number of rotatable bonds is 5. The molecule has 0 aliphatic heterocycles. The van der Waals surface area contributed by atoms with E-state index >= 15 is 0 Å². The standard InChI is InChI=1S/C16H16O4/c1-18-14-9-12(11-7-5-4-6-8-11)13(10-17)15(19-2)16(14)20-3/h4-10H,1-3H3. The van der Waals surface area contributed by atoms with Gasteiger partial charge in [-0.15, -0.1) is 0 Å². The first kappa shape index (κ1) is 13.9. The van der Waals surface area contributed by atoms with E-state index in [4.69, 9.17) is 14.2 Å². The van der Waals surface area contributed by atoms with Crippen LogP contribution in [0.5, 0.6) is 17.2 Å². The number of aldehydes is 1. The largest absolute Gasteiger partial charge is 0.493 e. The summed E-state index contributed by atoms with van der Waals surface area (Å²) in [5.74, 6) is 1.31. The molecule has 0 fully saturated rings. The van der Waals surface area contributed by atoms with Gasteiger partial charge in [-0.1, -0.05) is 30.3 Å². The van der Waals surface area contributed by atoms with E-state index in [2.05, 4.69) is 0 Å². The molecule has 20 heavy (non-hydrogen) atoms. The van der Waals surface area contributed by atoms with Crippen molar-refractivity contribution in [1.29, 1.82) is 0 Å². The minimum atomic E-state index is 0.376. The van der Waals surface area contributed by atoms with Crippen LogP contribution in [-0.2, 0) is 0 Å². The van der Waals surface area contributed by atoms with Crippen LogP contribution in [0.25, 0.3) is 11.1 Å². The molecule has 2 aromatic rings. The fraction of sp³-hybridized carbons (Fsp3) is 0.188. The maximum absolute atomic E-state index is 11.5. The van der Waals surface area contributed by atoms with E-state index in [1.807, 2.05) is 30.3 Å². The van der Waals surface area contributed by atoms with Gasteiger partial charge in [0, 0.05) is 0 Å². The summed E-state index contributed by atoms with van der Waals surface area (Å²) < 4.78 is 15.9. The van der Waals surface area contributed by atoms with Crippen molar-refractivity contribution in [2.75, 3.05) is 21.3 Å². The van der Waals surface area contributed by atoms with Gasteiger partial charge in [-0.05, 0) is 17.2 Å². The number of hydrogen-bond donors (Lipinski definition) is 0. The number of ether oxygens (including phenoxy) is 3. The highest BCUT2D eigenvalue weighted by Crippen LogP contribution is 2.44. The summed E-state index contributed by atoms with van der Waals surface area (Å²) in [4.78, 5) is 11.5. The zero-order valence-corrected chi connectivity index (χ0v) is 11.7. The van der Waals surface area contributed by atoms with E-state index in [9.17, 15) is 4.79 Å². The second-order valence-corrected chi connectivity index (χ2v) is 4.09. The van der Waals surface area contributed by atoms with Gasteiger partial charge < -0.3 is 14.2 Å². The Balaban J connectivity index is 2.77. The first-order chi connectivity index (χ1) is 9.76. The highest BCUT2D eigenvalue weighted by Gasteiger charge is 2.20. The van der Waals surface area contributed by atoms with Gasteiger partial charge in [-0.25, -0.2) is 0 Å². The maximum atomic E-state index is 11.5. The predicted molar refractivity (Wildman–Crippen MR) is 76.9 cm³/mol. The van der Waals surface area contributed by atoms with Crippen molar-refractivity contribution in [1.82, 2.24) is 0 Å². The molecule has 2 rings (SSSR count). The molecule has 0 radical (unpaired) electrons. The molecule has 0 bridgehead atoms. The van der Waals surface area contributed by atoms with Gasteiger partial charge in [0.1, 0.15) is 0 Å². The molecule has 0 aliphatic rings. The van der Waals surface area contributed by atoms with E-state index in [1.54, 1.807) is 13.2 Å². The maximum Gasteiger partial charge on any atom is 0.204 e. The second kappa shape index (κ2) is 6.10. The Morgan fingerprint density at radius 1 is 0.900 bits per heavy atom. The SMILES string of the molecule is COc1cc(-c2ccccc2)c(C=O)c(OC)c1OC. The van der Waals surface area contributed by atoms with Crippen molar-refractivity contribution < 1.29 is 19.0 Å². The minimum Gasteiger partial charge on any atom is -0.493 e. The lowest BCUT2D eigenvalue weighted by atomic mass is 9.98. The van der Waals surface area contributed by atoms with Crippen LogP contribution < -0.4 is 14.2 Å². The van der Waals surface area contributed by atoms with Gasteiger partial charge in [-0.3, -0.25) is 4.79 Å². The Morgan fingerprint density at radius 3 is 2.05 bits per heavy atom. The lowest BCUT2D eigenvalue weighted by Gasteiger charge is -2.17. The summed E-state index contributed by atoms with van der Waals surface area (Å²) >= 11 is 0. The summed E-state index contributed by atoms with van der Waals surface area (Å²) in [6.07, 6.45) is 0.767. The van der Waals surface area contributed by atoms with Crippen LogP contribution in [0.15, 0.2) is 36.4 Å². The van der Waals surface area contributed by atoms with Crippen LogP contribution in [0.4, 0.5) is 0 Å². The zero-order valence-electron chi connectivity index (χ0n) is 11.7. The Labute approximate surface area is 117 Å². The molecule has 0 heterocycles. The van der Waals surface area contributed by atoms with Crippen LogP contribution in [0.3, 0.4) is 0 Å². The number of carbonyl (C=O) groups excluding carboxylic acids is 1. The first-order valence-electron chi connectivity index (χ1n) is 6.10. The summed E-state index contributed by atoms with van der Waals surface area (Å²) in [6.45, 7) is 0. The third-order valence-electron chi connectivity index (χ3n) is 3.07. The lowest BCUT2D eigenvalue weighted by Crippen LogP contribution is -2.00. The van der Waals surface area contributed by atoms with Gasteiger partial charge in [-0.2, -0.15) is 0 Å². The topological polar surface area (TPSA) is 44.8 Å². The van der Waals surface area contributed by atoms with Crippen LogP contribution in [-0.4, -0.2) is 27.6 Å². The minimum absolute atomic E-state index is 0.376. The normalized spacial score (nSPS) is 9.95. The quantitative estimate of drug-likeness (QED) is 0.784. The summed E-state index contributed by atoms with van der Waals surface area (Å²) in [5.41, 5.74) is 2.10. The van der Waals surface area contributed by atoms with Crippen LogP contribution in [0.1, 0.15) is 10.4 Å². The van der Waals surface area contributed by atoms with Crippen LogP contribution >= 0.6 is 0 Å². The molecule has 4 nitrogen and oxygen atoms in total. The first-order valence-corrected chi connectivity index (χ1v) is 6.10. The molecule has 0 aromatic heterocycles. The fourth-order valence-electron chi connectivity index (χ4n) is 2.15. The molecule has 0 saturated heterocycles. The Morgan fingerprint density at radius 2 is 1.55 bits per heavy atom. The molecule has 0 spiro atoms. The second-order valence-electron chi connectivity index (χ2n) is 4.09. The third kappa shape index (κ3) is 2.32. The van der Waals surface area contributed by atoms with E-state index < -0.39 is 0 Å². The van der Waals surface area contributed by atoms with Crippen molar-refractivity contribution in [2.24, 2.45) is 0 Å². The smallest absolute Gasteiger partial charge is 0.204 e. The monoisotopic (exact) mass is 272 g/mol. The van der Waals surface area contributed by atoms with Crippen LogP contribution in [0, 0.1) is 0 Å². The van der Waals surface area contributed by atoms with Crippen molar-refractivity contribution in [2.45, 2.75) is 0 Å². The van der Waals surface area contributed by atoms with Crippen molar-refractivity contribution in [3.8, 4) is 28.4 Å². The van der Waals surface area contributed by atoms with E-state index in [1.165, 1.54) is 14.2 Å². The molecule has 0 unspecified atom stereocenters. The average molecular weight is 272 g/mol. The Bertz CT molecular complexity index is 606. The zero-order chi connectivity index (χ0) is 14.5. The molecule has 4 heteroatoms. The molecule has 0 saturated carbocycles. The molecule has 104 valence electrons. The van der Waals surface area contributed by atoms with Gasteiger partial charge in [0.05, 0.1) is 26.9 Å². The summed E-state index contributed by atoms with van der Waals surface area (Å²) in [5, 5.41) is 0. The average Bonchev–Trinajstić information content (AvgIpc) is 2.53. The summed E-state index contributed by atoms with van der Waals surface area (Å²) in [6, 6.07) is 11.4. The highest BCUT2D eigenvalue weighted by atomic mass is 16.5. The highest BCUT2D eigenvalue weighted by molar-refractivity contribution is 5.93. The number of methoxy groups -OCH3 is 3. The molecular formula is C16H16O4.